The third kappa shape index (κ3) is 5.16. The van der Waals surface area contributed by atoms with E-state index in [9.17, 15) is 14.7 Å². The fraction of sp³-hybridized carbons (Fsp3) is 0.103. The van der Waals surface area contributed by atoms with Crippen molar-refractivity contribution in [1.82, 2.24) is 5.32 Å². The smallest absolute Gasteiger partial charge is 0.326 e. The summed E-state index contributed by atoms with van der Waals surface area (Å²) in [6.45, 7) is 0. The number of carbonyl (C=O) groups excluding carboxylic acids is 1. The third-order valence-electron chi connectivity index (χ3n) is 6.00. The van der Waals surface area contributed by atoms with Gasteiger partial charge in [0.05, 0.1) is 0 Å². The van der Waals surface area contributed by atoms with Gasteiger partial charge in [-0.25, -0.2) is 4.79 Å². The number of hydrogen-bond donors (Lipinski definition) is 2. The largest absolute Gasteiger partial charge is 0.480 e. The van der Waals surface area contributed by atoms with E-state index in [2.05, 4.69) is 21.2 Å². The summed E-state index contributed by atoms with van der Waals surface area (Å²) < 4.78 is 0.725. The predicted octanol–water partition coefficient (Wildman–Crippen LogP) is 6.25. The molecule has 1 atom stereocenters. The number of halogens is 2. The Bertz CT molecular complexity index is 1220. The zero-order valence-corrected chi connectivity index (χ0v) is 21.0. The SMILES string of the molecule is O=C(O)[C@H](Cc1cc(Cl)ccc1Br)NC(=O)C(c1ccccc1)(c1ccccc1)c1ccccc1. The Kier molecular flexibility index (Phi) is 7.69. The number of carboxylic acid groups (broad SMARTS) is 1. The molecule has 0 heterocycles. The van der Waals surface area contributed by atoms with E-state index >= 15 is 0 Å². The summed E-state index contributed by atoms with van der Waals surface area (Å²) >= 11 is 9.60. The fourth-order valence-corrected chi connectivity index (χ4v) is 4.95. The fourth-order valence-electron chi connectivity index (χ4n) is 4.34. The van der Waals surface area contributed by atoms with Crippen molar-refractivity contribution >= 4 is 39.4 Å². The molecule has 4 aromatic carbocycles. The minimum atomic E-state index is -1.26. The van der Waals surface area contributed by atoms with Crippen molar-refractivity contribution in [3.05, 3.63) is 141 Å². The standard InChI is InChI=1S/C29H23BrClNO3/c30-25-17-16-24(31)18-20(25)19-26(27(33)34)32-28(35)29(21-10-4-1-5-11-21,22-12-6-2-7-13-22)23-14-8-3-9-15-23/h1-18,26H,19H2,(H,32,35)(H,33,34)/t26-/m0/s1. The summed E-state index contributed by atoms with van der Waals surface area (Å²) in [4.78, 5) is 26.6. The molecule has 4 aromatic rings. The Morgan fingerprint density at radius 2 is 1.26 bits per heavy atom. The lowest BCUT2D eigenvalue weighted by Gasteiger charge is -2.35. The number of hydrogen-bond acceptors (Lipinski definition) is 2. The molecule has 0 aliphatic rings. The predicted molar refractivity (Wildman–Crippen MR) is 142 cm³/mol. The summed E-state index contributed by atoms with van der Waals surface area (Å²) in [5.41, 5.74) is 1.65. The molecule has 4 rings (SSSR count). The van der Waals surface area contributed by atoms with Crippen molar-refractivity contribution in [1.29, 1.82) is 0 Å². The van der Waals surface area contributed by atoms with Gasteiger partial charge < -0.3 is 10.4 Å². The number of rotatable bonds is 8. The van der Waals surface area contributed by atoms with Crippen molar-refractivity contribution in [2.45, 2.75) is 17.9 Å². The van der Waals surface area contributed by atoms with Gasteiger partial charge in [0, 0.05) is 15.9 Å². The van der Waals surface area contributed by atoms with Gasteiger partial charge in [0.25, 0.3) is 0 Å². The molecule has 4 nitrogen and oxygen atoms in total. The molecule has 1 amide bonds. The number of carboxylic acids is 1. The molecule has 0 bridgehead atoms. The van der Waals surface area contributed by atoms with Crippen LogP contribution in [0.1, 0.15) is 22.3 Å². The van der Waals surface area contributed by atoms with Crippen molar-refractivity contribution in [2.75, 3.05) is 0 Å². The van der Waals surface area contributed by atoms with Gasteiger partial charge in [0.2, 0.25) is 5.91 Å². The highest BCUT2D eigenvalue weighted by Crippen LogP contribution is 2.39. The Morgan fingerprint density at radius 3 is 1.69 bits per heavy atom. The van der Waals surface area contributed by atoms with Gasteiger partial charge in [0.15, 0.2) is 0 Å². The third-order valence-corrected chi connectivity index (χ3v) is 7.00. The summed E-state index contributed by atoms with van der Waals surface area (Å²) in [5.74, 6) is -1.56. The lowest BCUT2D eigenvalue weighted by atomic mass is 9.68. The average molecular weight is 549 g/mol. The Balaban J connectivity index is 1.85. The summed E-state index contributed by atoms with van der Waals surface area (Å²) in [5, 5.41) is 13.4. The molecular weight excluding hydrogens is 526 g/mol. The molecule has 0 radical (unpaired) electrons. The number of benzene rings is 4. The van der Waals surface area contributed by atoms with Crippen LogP contribution in [0.4, 0.5) is 0 Å². The minimum Gasteiger partial charge on any atom is -0.480 e. The van der Waals surface area contributed by atoms with Crippen molar-refractivity contribution < 1.29 is 14.7 Å². The second-order valence-electron chi connectivity index (χ2n) is 8.15. The topological polar surface area (TPSA) is 66.4 Å². The number of amides is 1. The maximum atomic E-state index is 14.3. The van der Waals surface area contributed by atoms with E-state index in [0.717, 1.165) is 21.2 Å². The lowest BCUT2D eigenvalue weighted by Crippen LogP contribution is -2.52. The van der Waals surface area contributed by atoms with Crippen molar-refractivity contribution in [3.63, 3.8) is 0 Å². The van der Waals surface area contributed by atoms with E-state index in [-0.39, 0.29) is 6.42 Å². The minimum absolute atomic E-state index is 0.0661. The highest BCUT2D eigenvalue weighted by molar-refractivity contribution is 9.10. The quantitative estimate of drug-likeness (QED) is 0.256. The molecule has 0 saturated carbocycles. The van der Waals surface area contributed by atoms with E-state index in [1.54, 1.807) is 18.2 Å². The van der Waals surface area contributed by atoms with Gasteiger partial charge in [-0.2, -0.15) is 0 Å². The molecule has 0 aliphatic heterocycles. The summed E-state index contributed by atoms with van der Waals surface area (Å²) in [6.07, 6.45) is 0.0661. The van der Waals surface area contributed by atoms with E-state index in [1.165, 1.54) is 0 Å². The van der Waals surface area contributed by atoms with Crippen molar-refractivity contribution in [2.24, 2.45) is 0 Å². The molecule has 0 fully saturated rings. The number of aliphatic carboxylic acids is 1. The zero-order valence-electron chi connectivity index (χ0n) is 18.7. The van der Waals surface area contributed by atoms with Gasteiger partial charge in [0.1, 0.15) is 11.5 Å². The van der Waals surface area contributed by atoms with Gasteiger partial charge in [-0.15, -0.1) is 0 Å². The highest BCUT2D eigenvalue weighted by atomic mass is 79.9. The van der Waals surface area contributed by atoms with E-state index < -0.39 is 23.3 Å². The van der Waals surface area contributed by atoms with Crippen LogP contribution in [0.5, 0.6) is 0 Å². The lowest BCUT2D eigenvalue weighted by molar-refractivity contribution is -0.142. The Morgan fingerprint density at radius 1 is 0.800 bits per heavy atom. The van der Waals surface area contributed by atoms with Gasteiger partial charge >= 0.3 is 5.97 Å². The maximum Gasteiger partial charge on any atom is 0.326 e. The molecule has 0 spiro atoms. The van der Waals surface area contributed by atoms with Crippen LogP contribution in [0.2, 0.25) is 5.02 Å². The first-order valence-corrected chi connectivity index (χ1v) is 12.2. The van der Waals surface area contributed by atoms with Crippen LogP contribution in [-0.4, -0.2) is 23.0 Å². The highest BCUT2D eigenvalue weighted by Gasteiger charge is 2.45. The van der Waals surface area contributed by atoms with Crippen LogP contribution in [0.25, 0.3) is 0 Å². The Labute approximate surface area is 217 Å². The van der Waals surface area contributed by atoms with Gasteiger partial charge in [-0.3, -0.25) is 4.79 Å². The van der Waals surface area contributed by atoms with Crippen LogP contribution in [-0.2, 0) is 21.4 Å². The van der Waals surface area contributed by atoms with Crippen LogP contribution < -0.4 is 5.32 Å². The molecule has 176 valence electrons. The summed E-state index contributed by atoms with van der Waals surface area (Å²) in [6, 6.07) is 32.3. The van der Waals surface area contributed by atoms with Crippen LogP contribution in [0.3, 0.4) is 0 Å². The molecule has 6 heteroatoms. The van der Waals surface area contributed by atoms with Gasteiger partial charge in [-0.05, 0) is 40.5 Å². The molecule has 2 N–H and O–H groups in total. The normalized spacial score (nSPS) is 12.1. The van der Waals surface area contributed by atoms with E-state index in [1.807, 2.05) is 91.0 Å². The zero-order chi connectivity index (χ0) is 24.8. The maximum absolute atomic E-state index is 14.3. The molecule has 0 aliphatic carbocycles. The van der Waals surface area contributed by atoms with E-state index in [0.29, 0.717) is 10.6 Å². The first-order valence-electron chi connectivity index (χ1n) is 11.1. The van der Waals surface area contributed by atoms with Crippen LogP contribution in [0, 0.1) is 0 Å². The van der Waals surface area contributed by atoms with E-state index in [4.69, 9.17) is 11.6 Å². The average Bonchev–Trinajstić information content (AvgIpc) is 2.88. The van der Waals surface area contributed by atoms with Crippen LogP contribution >= 0.6 is 27.5 Å². The number of carbonyl (C=O) groups is 2. The number of nitrogens with one attached hydrogen (secondary N) is 1. The van der Waals surface area contributed by atoms with Crippen LogP contribution in [0.15, 0.2) is 114 Å². The Hall–Kier alpha value is -3.41. The van der Waals surface area contributed by atoms with Crippen molar-refractivity contribution in [3.8, 4) is 0 Å². The molecule has 0 saturated heterocycles. The second-order valence-corrected chi connectivity index (χ2v) is 9.44. The van der Waals surface area contributed by atoms with Gasteiger partial charge in [-0.1, -0.05) is 119 Å². The first kappa shape index (κ1) is 24.7. The molecular formula is C29H23BrClNO3. The molecule has 0 unspecified atom stereocenters. The first-order chi connectivity index (χ1) is 16.9. The molecule has 35 heavy (non-hydrogen) atoms. The monoisotopic (exact) mass is 547 g/mol. The second kappa shape index (κ2) is 10.9. The summed E-state index contributed by atoms with van der Waals surface area (Å²) in [7, 11) is 0. The molecule has 0 aromatic heterocycles.